The van der Waals surface area contributed by atoms with Gasteiger partial charge in [0.15, 0.2) is 0 Å². The Balaban J connectivity index is 0.000000138. The summed E-state index contributed by atoms with van der Waals surface area (Å²) in [5.41, 5.74) is 17.4. The van der Waals surface area contributed by atoms with Crippen LogP contribution in [0.3, 0.4) is 0 Å². The molecule has 17 heteroatoms. The van der Waals surface area contributed by atoms with Gasteiger partial charge in [0.05, 0.1) is 68.0 Å². The van der Waals surface area contributed by atoms with E-state index in [4.69, 9.17) is 19.4 Å². The van der Waals surface area contributed by atoms with Crippen molar-refractivity contribution in [1.29, 1.82) is 0 Å². The van der Waals surface area contributed by atoms with E-state index in [2.05, 4.69) is 143 Å². The van der Waals surface area contributed by atoms with Crippen molar-refractivity contribution < 1.29 is 19.1 Å². The van der Waals surface area contributed by atoms with Crippen molar-refractivity contribution >= 4 is 71.6 Å². The number of carbonyl (C=O) groups is 2. The number of pyridine rings is 2. The highest BCUT2D eigenvalue weighted by molar-refractivity contribution is 9.10. The van der Waals surface area contributed by atoms with E-state index in [1.807, 2.05) is 61.4 Å². The van der Waals surface area contributed by atoms with Crippen molar-refractivity contribution in [2.45, 2.75) is 71.6 Å². The van der Waals surface area contributed by atoms with Gasteiger partial charge < -0.3 is 28.4 Å². The van der Waals surface area contributed by atoms with Gasteiger partial charge in [0.1, 0.15) is 0 Å². The zero-order valence-corrected chi connectivity index (χ0v) is 46.7. The number of fused-ring (bicyclic) bond motifs is 8. The molecule has 10 heterocycles. The van der Waals surface area contributed by atoms with Crippen LogP contribution in [0.2, 0.25) is 0 Å². The predicted octanol–water partition coefficient (Wildman–Crippen LogP) is 10.9. The third kappa shape index (κ3) is 9.14. The van der Waals surface area contributed by atoms with Crippen LogP contribution in [0, 0.1) is 32.6 Å². The van der Waals surface area contributed by atoms with Crippen LogP contribution >= 0.6 is 15.9 Å². The molecule has 4 aliphatic heterocycles. The van der Waals surface area contributed by atoms with Crippen molar-refractivity contribution in [1.82, 2.24) is 58.9 Å². The van der Waals surface area contributed by atoms with Crippen molar-refractivity contribution in [3.63, 3.8) is 0 Å². The number of halogens is 1. The maximum absolute atomic E-state index is 13.1. The topological polar surface area (TPSA) is 156 Å². The zero-order valence-electron chi connectivity index (χ0n) is 45.2. The summed E-state index contributed by atoms with van der Waals surface area (Å²) in [4.78, 5) is 39.3. The summed E-state index contributed by atoms with van der Waals surface area (Å²) in [5.74, 6) is 0.998. The van der Waals surface area contributed by atoms with E-state index in [-0.39, 0.29) is 23.9 Å². The van der Waals surface area contributed by atoms with Gasteiger partial charge in [-0.3, -0.25) is 24.2 Å². The van der Waals surface area contributed by atoms with Crippen molar-refractivity contribution in [2.24, 2.45) is 25.9 Å². The average molecular weight is 1110 g/mol. The second-order valence-corrected chi connectivity index (χ2v) is 22.3. The smallest absolute Gasteiger partial charge is 0.254 e. The molecular formula is C61H63BrN12O4. The normalized spacial score (nSPS) is 16.7. The molecule has 2 saturated heterocycles. The molecule has 16 nitrogen and oxygen atoms in total. The van der Waals surface area contributed by atoms with Crippen LogP contribution < -0.4 is 0 Å². The molecule has 6 aromatic heterocycles. The molecular weight excluding hydrogens is 1040 g/mol. The first-order chi connectivity index (χ1) is 37.8. The number of nitrogens with zero attached hydrogens (tertiary/aromatic N) is 12. The van der Waals surface area contributed by atoms with E-state index in [1.165, 1.54) is 11.1 Å². The molecule has 2 fully saturated rings. The Morgan fingerprint density at radius 2 is 1.01 bits per heavy atom. The molecule has 78 heavy (non-hydrogen) atoms. The number of rotatable bonds is 7. The van der Waals surface area contributed by atoms with Crippen LogP contribution in [0.1, 0.15) is 97.8 Å². The molecule has 4 aliphatic rings. The van der Waals surface area contributed by atoms with Crippen LogP contribution in [0.4, 0.5) is 0 Å². The van der Waals surface area contributed by atoms with E-state index >= 15 is 0 Å². The molecule has 0 N–H and O–H groups in total. The molecule has 2 atom stereocenters. The van der Waals surface area contributed by atoms with Gasteiger partial charge in [-0.05, 0) is 133 Å². The molecule has 0 spiro atoms. The lowest BCUT2D eigenvalue weighted by Crippen LogP contribution is -2.27. The van der Waals surface area contributed by atoms with Gasteiger partial charge in [0, 0.05) is 112 Å². The number of hydrogen-bond donors (Lipinski definition) is 0. The van der Waals surface area contributed by atoms with Crippen molar-refractivity contribution in [2.75, 3.05) is 40.5 Å². The number of carbonyl (C=O) groups excluding carboxylic acids is 2. The SMILES string of the molecule is CN1Cc2cc3c4ncc(Br)cc4n([C@H](c4ccccc4)C4CCOCC4)c3cc2C1=O.Cc1nnn(C)c1-c1cnc2c3cc4c(cc3n([C@H](c3ccccc3)C3CCOCC3)c2c1)C(=O)N(C)C4.Cc1nnn(C)c1C. The molecule has 398 valence electrons. The summed E-state index contributed by atoms with van der Waals surface area (Å²) in [6.45, 7) is 10.3. The molecule has 14 rings (SSSR count). The quantitative estimate of drug-likeness (QED) is 0.151. The predicted molar refractivity (Wildman–Crippen MR) is 305 cm³/mol. The van der Waals surface area contributed by atoms with Crippen LogP contribution in [0.5, 0.6) is 0 Å². The van der Waals surface area contributed by atoms with Crippen LogP contribution in [-0.4, -0.2) is 111 Å². The van der Waals surface area contributed by atoms with E-state index in [0.29, 0.717) is 24.9 Å². The number of ether oxygens (including phenoxy) is 2. The minimum atomic E-state index is 0.0752. The lowest BCUT2D eigenvalue weighted by Gasteiger charge is -2.33. The molecule has 2 amide bonds. The van der Waals surface area contributed by atoms with Gasteiger partial charge in [-0.2, -0.15) is 0 Å². The minimum absolute atomic E-state index is 0.0752. The Labute approximate surface area is 461 Å². The zero-order chi connectivity index (χ0) is 53.9. The Kier molecular flexibility index (Phi) is 13.8. The summed E-state index contributed by atoms with van der Waals surface area (Å²) in [5, 5.41) is 18.3. The van der Waals surface area contributed by atoms with Gasteiger partial charge >= 0.3 is 0 Å². The summed E-state index contributed by atoms with van der Waals surface area (Å²) >= 11 is 3.64. The molecule has 4 aromatic carbocycles. The van der Waals surface area contributed by atoms with Gasteiger partial charge in [-0.15, -0.1) is 10.2 Å². The summed E-state index contributed by atoms with van der Waals surface area (Å²) < 4.78 is 20.9. The number of aromatic nitrogens is 10. The van der Waals surface area contributed by atoms with Gasteiger partial charge in [-0.1, -0.05) is 71.1 Å². The largest absolute Gasteiger partial charge is 0.381 e. The second-order valence-electron chi connectivity index (χ2n) is 21.4. The molecule has 0 aliphatic carbocycles. The summed E-state index contributed by atoms with van der Waals surface area (Å²) in [6, 6.07) is 34.6. The van der Waals surface area contributed by atoms with Crippen LogP contribution in [0.15, 0.2) is 114 Å². The summed E-state index contributed by atoms with van der Waals surface area (Å²) in [7, 11) is 7.53. The standard InChI is InChI=1S/C30H30N6O2.C26H24BrN3O2.C5H9N3/c1-18-28(35(3)33-32-18)21-14-26-27(31-16-21)24-13-22-17-34(2)30(37)23(22)15-25(24)36(26)29(19-7-5-4-6-8-19)20-9-11-38-12-10-20;1-29-15-18-11-21-22(13-20(18)26(29)31)30(23-12-19(27)14-28-24(21)23)25(16-5-3-2-4-6-16)17-7-9-32-10-8-17;1-4-5(2)8(3)7-6-4/h4-8,13-16,20,29H,9-12,17H2,1-3H3;2-6,11-14,17,25H,7-10,15H2,1H3;1-3H3/t29-;25-;/m11./s1. The van der Waals surface area contributed by atoms with E-state index in [1.54, 1.807) is 19.2 Å². The highest BCUT2D eigenvalue weighted by Gasteiger charge is 2.35. The van der Waals surface area contributed by atoms with Gasteiger partial charge in [0.2, 0.25) is 0 Å². The van der Waals surface area contributed by atoms with Gasteiger partial charge in [0.25, 0.3) is 11.8 Å². The van der Waals surface area contributed by atoms with Crippen molar-refractivity contribution in [3.8, 4) is 11.3 Å². The lowest BCUT2D eigenvalue weighted by molar-refractivity contribution is 0.0552. The fourth-order valence-electron chi connectivity index (χ4n) is 12.4. The fraction of sp³-hybridized carbons (Fsp3) is 0.344. The maximum Gasteiger partial charge on any atom is 0.254 e. The Bertz CT molecular complexity index is 3870. The van der Waals surface area contributed by atoms with Crippen LogP contribution in [-0.2, 0) is 36.7 Å². The Morgan fingerprint density at radius 3 is 1.45 bits per heavy atom. The molecule has 0 saturated carbocycles. The van der Waals surface area contributed by atoms with E-state index in [0.717, 1.165) is 151 Å². The Morgan fingerprint density at radius 1 is 0.551 bits per heavy atom. The third-order valence-electron chi connectivity index (χ3n) is 16.5. The number of aryl methyl sites for hydroxylation is 4. The highest BCUT2D eigenvalue weighted by atomic mass is 79.9. The molecule has 0 bridgehead atoms. The van der Waals surface area contributed by atoms with Gasteiger partial charge in [-0.25, -0.2) is 4.68 Å². The highest BCUT2D eigenvalue weighted by Crippen LogP contribution is 2.45. The monoisotopic (exact) mass is 1110 g/mol. The van der Waals surface area contributed by atoms with Crippen molar-refractivity contribution in [3.05, 3.63) is 164 Å². The Hall–Kier alpha value is -7.60. The first-order valence-corrected chi connectivity index (χ1v) is 27.7. The number of hydrogen-bond acceptors (Lipinski definition) is 10. The molecule has 0 unspecified atom stereocenters. The molecule has 10 aromatic rings. The van der Waals surface area contributed by atoms with Crippen LogP contribution in [0.25, 0.3) is 55.1 Å². The second kappa shape index (κ2) is 21.0. The summed E-state index contributed by atoms with van der Waals surface area (Å²) in [6.07, 6.45) is 7.76. The number of amides is 2. The maximum atomic E-state index is 13.1. The van der Waals surface area contributed by atoms with E-state index < -0.39 is 0 Å². The lowest BCUT2D eigenvalue weighted by atomic mass is 9.86. The third-order valence-corrected chi connectivity index (χ3v) is 17.0. The fourth-order valence-corrected chi connectivity index (χ4v) is 12.7. The van der Waals surface area contributed by atoms with E-state index in [9.17, 15) is 9.59 Å². The molecule has 0 radical (unpaired) electrons. The first-order valence-electron chi connectivity index (χ1n) is 26.9. The first kappa shape index (κ1) is 51.2. The average Bonchev–Trinajstić information content (AvgIpc) is 4.37. The minimum Gasteiger partial charge on any atom is -0.381 e. The number of benzene rings is 4.